The predicted molar refractivity (Wildman–Crippen MR) is 434 cm³/mol. The third-order valence-corrected chi connectivity index (χ3v) is 39.7. The van der Waals surface area contributed by atoms with E-state index in [0.29, 0.717) is 54.5 Å². The van der Waals surface area contributed by atoms with E-state index in [0.717, 1.165) is 87.5 Å². The van der Waals surface area contributed by atoms with Crippen molar-refractivity contribution in [2.45, 2.75) is 245 Å². The number of nitrogens with zero attached hydrogens (tertiary/aromatic N) is 1. The van der Waals surface area contributed by atoms with Gasteiger partial charge in [-0.15, -0.1) is 58.3 Å². The Kier molecular flexibility index (Phi) is 30.9. The number of β-lactam (4-membered cyclic amide) rings is 6. The minimum atomic E-state index is -1.18. The van der Waals surface area contributed by atoms with E-state index in [4.69, 9.17) is 69.6 Å². The summed E-state index contributed by atoms with van der Waals surface area (Å²) in [6.45, 7) is 13.7. The number of rotatable bonds is 24. The Morgan fingerprint density at radius 1 is 0.518 bits per heavy atom. The number of carbonyl (C=O) groups excluding carboxylic acids is 9. The van der Waals surface area contributed by atoms with Crippen molar-refractivity contribution in [1.29, 1.82) is 0 Å². The van der Waals surface area contributed by atoms with E-state index in [-0.39, 0.29) is 154 Å². The van der Waals surface area contributed by atoms with Gasteiger partial charge in [-0.1, -0.05) is 39.8 Å². The molecule has 9 saturated heterocycles. The van der Waals surface area contributed by atoms with Crippen LogP contribution in [0.25, 0.3) is 0 Å². The molecule has 0 aromatic rings. The molecular formula is C77H107Cl6N7O15S2Se2Te. The number of aliphatic hydroxyl groups is 6. The molecule has 12 N–H and O–H groups in total. The summed E-state index contributed by atoms with van der Waals surface area (Å²) in [6, 6.07) is -0.722. The molecule has 110 heavy (non-hydrogen) atoms. The summed E-state index contributed by atoms with van der Waals surface area (Å²) in [6.07, 6.45) is 21.0. The fourth-order valence-corrected chi connectivity index (χ4v) is 33.8. The number of halogens is 6. The molecule has 0 aromatic carbocycles. The number of hydrogen-bond acceptors (Lipinski definition) is 17. The number of fused-ring (bicyclic) bond motifs is 6. The molecule has 3 aliphatic carbocycles. The number of amides is 7. The first-order chi connectivity index (χ1) is 52.3. The molecular weight excluding hydrogens is 1830 g/mol. The second-order valence-corrected chi connectivity index (χ2v) is 45.6. The maximum absolute atomic E-state index is 12.4. The minimum absolute atomic E-state index is 0.00160. The SMILES string of the molecule is CC(C)[C@H](O)[C@@]12SC=C(CCCl)[C@@H]1NC2=O.CC(C)[C@H](O)[C@@]12[Se]C=C(CCCl)[C@@H]1NC2=O.CC1=C(CCCl)[C@@H]2NC(=O)[C@]2([C@@H](O)C(C)C)S1.CN1C(=O)C(CCCl)[C@@H]2NC(=O)[C@@]21[C@@H](O)[C@H]1C=CCCC1.O=C1[Se][C@@]2([C@@H](O)[C@H]3C=CCCC3)C(=O)N[C@H]2C1CCCl.O=C1[Te][C@@]2([C@@H](O)[C@H]3C=CCCC3)C(=O)N[C@H]2C1CCCl. The van der Waals surface area contributed by atoms with Crippen LogP contribution in [-0.2, 0) is 43.2 Å². The Bertz CT molecular complexity index is 3550. The summed E-state index contributed by atoms with van der Waals surface area (Å²) in [4.78, 5) is 114. The van der Waals surface area contributed by atoms with E-state index in [1.807, 2.05) is 78.2 Å². The van der Waals surface area contributed by atoms with Crippen molar-refractivity contribution in [3.8, 4) is 0 Å². The van der Waals surface area contributed by atoms with E-state index in [1.54, 1.807) is 7.05 Å². The van der Waals surface area contributed by atoms with Crippen molar-refractivity contribution in [2.75, 3.05) is 42.3 Å². The van der Waals surface area contributed by atoms with Gasteiger partial charge in [0.25, 0.3) is 5.91 Å². The Morgan fingerprint density at radius 3 is 1.49 bits per heavy atom. The third kappa shape index (κ3) is 15.7. The molecule has 15 aliphatic rings. The summed E-state index contributed by atoms with van der Waals surface area (Å²) in [5, 5.41) is 82.4. The van der Waals surface area contributed by atoms with E-state index in [1.165, 1.54) is 39.6 Å². The Labute approximate surface area is 706 Å². The average molecular weight is 1930 g/mol. The molecule has 12 aliphatic heterocycles. The summed E-state index contributed by atoms with van der Waals surface area (Å²) in [5.74, 6) is 1.70. The van der Waals surface area contributed by atoms with Gasteiger partial charge in [0, 0.05) is 30.6 Å². The molecule has 0 spiro atoms. The number of likely N-dealkylation sites (N-methyl/N-ethyl adjacent to an activating group) is 1. The van der Waals surface area contributed by atoms with Gasteiger partial charge >= 0.3 is 369 Å². The van der Waals surface area contributed by atoms with E-state index in [9.17, 15) is 73.8 Å². The fraction of sp³-hybridized carbons (Fsp3) is 0.727. The van der Waals surface area contributed by atoms with Crippen LogP contribution in [0.1, 0.15) is 145 Å². The van der Waals surface area contributed by atoms with Crippen LogP contribution in [0.15, 0.2) is 68.5 Å². The summed E-state index contributed by atoms with van der Waals surface area (Å²) in [7, 11) is 1.62. The van der Waals surface area contributed by atoms with Gasteiger partial charge in [0.05, 0.1) is 42.4 Å². The molecule has 0 bridgehead atoms. The predicted octanol–water partition coefficient (Wildman–Crippen LogP) is 6.64. The fourth-order valence-electron chi connectivity index (χ4n) is 18.4. The first-order valence-corrected chi connectivity index (χ1v) is 49.2. The number of hydrogen-bond donors (Lipinski definition) is 12. The van der Waals surface area contributed by atoms with Crippen molar-refractivity contribution in [1.82, 2.24) is 36.8 Å². The molecule has 3 unspecified atom stereocenters. The van der Waals surface area contributed by atoms with E-state index < -0.39 is 99.6 Å². The van der Waals surface area contributed by atoms with E-state index >= 15 is 0 Å². The Hall–Kier alpha value is -1.90. The monoisotopic (exact) mass is 1930 g/mol. The Balaban J connectivity index is 0.000000141. The number of carbonyl (C=O) groups is 9. The standard InChI is InChI=1S/C15H21ClN2O3.C14H18ClNO3Se.C14H18ClNO3Te.C12H18ClNO2S.C11H16ClNO2S.C11H16ClNO2Se/c1-18-13(20)10(7-8-16)11-15(18,14(21)17-11)12(19)9-5-3-2-4-6-9;2*15-7-6-9-10-14(13(19)16-10,20-12(9)18)11(17)8-4-2-1-3-5-8;1-6(2)10(15)12-9(14-11(12)16)8(4-5-13)7(3)17-12;2*1-6(2)9(14)11-8(13-10(11)15)7(3-4-12)5-16-11/h3,5,9-12,19H,2,4,6-8H2,1H3,(H,17,21);2*2,4,8-11,17H,1,3,5-7H2,(H,16,19);6,9-10,15H,4-5H2,1-3H3,(H,14,16);2*5-6,8-9,14H,3-4H2,1-2H3,(H,13,15)/t9-,10?,11-,12-,15-;2*8-,9?,10-,11-,14-;9-,10-,12-;2*8-,9-,11-/m000000/s1. The van der Waals surface area contributed by atoms with Gasteiger partial charge in [-0.3, -0.25) is 19.2 Å². The van der Waals surface area contributed by atoms with Gasteiger partial charge in [-0.25, -0.2) is 0 Å². The zero-order chi connectivity index (χ0) is 80.5. The van der Waals surface area contributed by atoms with Gasteiger partial charge < -0.3 is 36.2 Å². The van der Waals surface area contributed by atoms with Gasteiger partial charge in [-0.2, -0.15) is 0 Å². The van der Waals surface area contributed by atoms with Crippen LogP contribution in [0.2, 0.25) is 12.1 Å². The molecule has 0 saturated carbocycles. The molecule has 24 atom stereocenters. The molecule has 15 rings (SSSR count). The number of allylic oxidation sites excluding steroid dienone is 4. The first kappa shape index (κ1) is 90.4. The summed E-state index contributed by atoms with van der Waals surface area (Å²) >= 11 is 35.9. The molecule has 0 radical (unpaired) electrons. The molecule has 12 heterocycles. The molecule has 22 nitrogen and oxygen atoms in total. The number of aliphatic hydroxyl groups excluding tert-OH is 6. The number of nitrogens with one attached hydrogen (secondary N) is 6. The van der Waals surface area contributed by atoms with Crippen LogP contribution < -0.4 is 31.9 Å². The molecule has 33 heteroatoms. The van der Waals surface area contributed by atoms with Crippen molar-refractivity contribution < 1.29 is 73.8 Å². The number of alkyl halides is 6. The van der Waals surface area contributed by atoms with Gasteiger partial charge in [0.1, 0.15) is 9.49 Å². The van der Waals surface area contributed by atoms with Crippen LogP contribution in [0, 0.1) is 53.3 Å². The quantitative estimate of drug-likeness (QED) is 0.0208. The summed E-state index contributed by atoms with van der Waals surface area (Å²) < 4.78 is -3.21. The zero-order valence-corrected chi connectivity index (χ0v) is 75.1. The van der Waals surface area contributed by atoms with Crippen molar-refractivity contribution in [2.24, 2.45) is 53.3 Å². The van der Waals surface area contributed by atoms with Crippen LogP contribution >= 0.6 is 93.1 Å². The topological polar surface area (TPSA) is 350 Å². The van der Waals surface area contributed by atoms with Crippen LogP contribution in [0.3, 0.4) is 0 Å². The third-order valence-electron chi connectivity index (χ3n) is 24.8. The van der Waals surface area contributed by atoms with Crippen molar-refractivity contribution >= 4 is 194 Å². The van der Waals surface area contributed by atoms with Crippen LogP contribution in [-0.4, -0.2) is 266 Å². The number of likely N-dealkylation sites (tertiary alicyclic amines) is 1. The molecule has 612 valence electrons. The van der Waals surface area contributed by atoms with Gasteiger partial charge in [0.2, 0.25) is 17.7 Å². The zero-order valence-electron chi connectivity index (χ0n) is 63.2. The van der Waals surface area contributed by atoms with Crippen molar-refractivity contribution in [3.63, 3.8) is 0 Å². The maximum atomic E-state index is 12.4. The van der Waals surface area contributed by atoms with Gasteiger partial charge in [-0.05, 0) is 78.7 Å². The van der Waals surface area contributed by atoms with E-state index in [2.05, 4.69) is 49.0 Å². The van der Waals surface area contributed by atoms with Crippen LogP contribution in [0.5, 0.6) is 0 Å². The molecule has 7 amide bonds. The number of thioether (sulfide) groups is 2. The molecule has 9 fully saturated rings. The van der Waals surface area contributed by atoms with Gasteiger partial charge in [0.15, 0.2) is 5.54 Å². The van der Waals surface area contributed by atoms with Crippen molar-refractivity contribution in [3.05, 3.63) is 68.5 Å². The second kappa shape index (κ2) is 37.6. The normalized spacial score (nSPS) is 37.6. The van der Waals surface area contributed by atoms with Crippen LogP contribution in [0.4, 0.5) is 0 Å². The average Bonchev–Trinajstić information content (AvgIpc) is 1.53. The summed E-state index contributed by atoms with van der Waals surface area (Å²) in [5.41, 5.74) is 2.41. The first-order valence-electron chi connectivity index (χ1n) is 38.4. The molecule has 0 aromatic heterocycles. The Morgan fingerprint density at radius 2 is 1.00 bits per heavy atom. The second-order valence-electron chi connectivity index (χ2n) is 31.9.